The van der Waals surface area contributed by atoms with Gasteiger partial charge in [-0.2, -0.15) is 0 Å². The molecule has 3 N–H and O–H groups in total. The van der Waals surface area contributed by atoms with Gasteiger partial charge in [0, 0.05) is 31.1 Å². The van der Waals surface area contributed by atoms with Gasteiger partial charge in [0.15, 0.2) is 23.6 Å². The van der Waals surface area contributed by atoms with Crippen LogP contribution in [0.15, 0.2) is 41.5 Å². The average Bonchev–Trinajstić information content (AvgIpc) is 2.99. The first-order valence-electron chi connectivity index (χ1n) is 15.8. The molecule has 5 rings (SSSR count). The summed E-state index contributed by atoms with van der Waals surface area (Å²) in [5, 5.41) is 25.9. The molecular formula is C34H43NO12. The van der Waals surface area contributed by atoms with Crippen LogP contribution in [0.3, 0.4) is 0 Å². The molecule has 1 aliphatic heterocycles. The summed E-state index contributed by atoms with van der Waals surface area (Å²) in [5.41, 5.74) is -5.52. The normalized spacial score (nSPS) is 36.2. The van der Waals surface area contributed by atoms with Crippen molar-refractivity contribution in [1.82, 2.24) is 5.32 Å². The SMILES string of the molecule is CC(=O)O[C@H]1C(=O)[C@]2(C)CCC3OC[C@@]3(OC(C)=O)C2[C@H](Oc2ccccc2)[C@]2(O)C[C@H](OC(=O)[C@H](O)CNC=O)C(C)=C1C2(C)C. The monoisotopic (exact) mass is 657 g/mol. The molecular weight excluding hydrogens is 614 g/mol. The van der Waals surface area contributed by atoms with Crippen molar-refractivity contribution in [3.8, 4) is 5.75 Å². The number of ketones is 1. The third-order valence-electron chi connectivity index (χ3n) is 10.7. The Labute approximate surface area is 272 Å². The van der Waals surface area contributed by atoms with Crippen LogP contribution in [0.1, 0.15) is 60.8 Å². The van der Waals surface area contributed by atoms with E-state index in [9.17, 15) is 29.4 Å². The lowest BCUT2D eigenvalue weighted by atomic mass is 9.45. The summed E-state index contributed by atoms with van der Waals surface area (Å²) in [6.45, 7) is 8.72. The second-order valence-electron chi connectivity index (χ2n) is 13.8. The van der Waals surface area contributed by atoms with Crippen LogP contribution in [0.25, 0.3) is 0 Å². The number of aliphatic hydroxyl groups is 2. The smallest absolute Gasteiger partial charge is 0.337 e. The van der Waals surface area contributed by atoms with Crippen molar-refractivity contribution in [3.05, 3.63) is 41.5 Å². The number of hydrogen-bond donors (Lipinski definition) is 3. The zero-order valence-electron chi connectivity index (χ0n) is 27.4. The van der Waals surface area contributed by atoms with Gasteiger partial charge < -0.3 is 39.2 Å². The first-order chi connectivity index (χ1) is 22.0. The quantitative estimate of drug-likeness (QED) is 0.151. The molecule has 1 aromatic rings. The van der Waals surface area contributed by atoms with Gasteiger partial charge in [-0.3, -0.25) is 19.2 Å². The third kappa shape index (κ3) is 5.51. The van der Waals surface area contributed by atoms with Gasteiger partial charge in [-0.15, -0.1) is 0 Å². The molecule has 1 saturated heterocycles. The van der Waals surface area contributed by atoms with Gasteiger partial charge >= 0.3 is 17.9 Å². The molecule has 3 aliphatic carbocycles. The van der Waals surface area contributed by atoms with Crippen LogP contribution >= 0.6 is 0 Å². The summed E-state index contributed by atoms with van der Waals surface area (Å²) in [6.07, 6.45) is -5.67. The number of Topliss-reactive ketones (excluding diaryl/α,β-unsaturated/α-hetero) is 1. The number of ether oxygens (including phenoxy) is 5. The fraction of sp³-hybridized carbons (Fsp3) is 0.618. The number of esters is 3. The van der Waals surface area contributed by atoms with Gasteiger partial charge in [0.05, 0.1) is 19.1 Å². The van der Waals surface area contributed by atoms with E-state index in [-0.39, 0.29) is 25.0 Å². The van der Waals surface area contributed by atoms with Crippen LogP contribution in [-0.4, -0.2) is 95.2 Å². The molecule has 2 unspecified atom stereocenters. The summed E-state index contributed by atoms with van der Waals surface area (Å²) >= 11 is 0. The fourth-order valence-electron chi connectivity index (χ4n) is 8.39. The van der Waals surface area contributed by atoms with Gasteiger partial charge in [0.2, 0.25) is 6.41 Å². The van der Waals surface area contributed by atoms with E-state index in [2.05, 4.69) is 5.32 Å². The number of nitrogens with one attached hydrogen (secondary N) is 1. The molecule has 9 atom stereocenters. The fourth-order valence-corrected chi connectivity index (χ4v) is 8.39. The Bertz CT molecular complexity index is 1470. The van der Waals surface area contributed by atoms with Crippen molar-refractivity contribution < 1.29 is 57.9 Å². The number of hydrogen-bond acceptors (Lipinski definition) is 12. The molecule has 13 heteroatoms. The summed E-state index contributed by atoms with van der Waals surface area (Å²) in [4.78, 5) is 64.3. The number of carbonyl (C=O) groups excluding carboxylic acids is 5. The Morgan fingerprint density at radius 1 is 1.11 bits per heavy atom. The van der Waals surface area contributed by atoms with Crippen molar-refractivity contribution in [2.75, 3.05) is 13.2 Å². The van der Waals surface area contributed by atoms with Crippen LogP contribution in [0.5, 0.6) is 5.75 Å². The molecule has 1 heterocycles. The van der Waals surface area contributed by atoms with Crippen molar-refractivity contribution in [2.24, 2.45) is 16.7 Å². The highest BCUT2D eigenvalue weighted by molar-refractivity contribution is 5.94. The molecule has 0 spiro atoms. The van der Waals surface area contributed by atoms with Crippen molar-refractivity contribution >= 4 is 30.1 Å². The molecule has 13 nitrogen and oxygen atoms in total. The summed E-state index contributed by atoms with van der Waals surface area (Å²) < 4.78 is 30.3. The van der Waals surface area contributed by atoms with E-state index < -0.39 is 88.7 Å². The van der Waals surface area contributed by atoms with Crippen LogP contribution in [-0.2, 0) is 42.9 Å². The predicted octanol–water partition coefficient (Wildman–Crippen LogP) is 1.56. The lowest BCUT2D eigenvalue weighted by Gasteiger charge is -2.66. The van der Waals surface area contributed by atoms with E-state index in [1.165, 1.54) is 13.8 Å². The number of amides is 1. The Morgan fingerprint density at radius 3 is 2.36 bits per heavy atom. The minimum absolute atomic E-state index is 0.0652. The maximum absolute atomic E-state index is 15.1. The van der Waals surface area contributed by atoms with E-state index in [0.717, 1.165) is 0 Å². The molecule has 0 radical (unpaired) electrons. The maximum Gasteiger partial charge on any atom is 0.337 e. The number of rotatable bonds is 9. The molecule has 0 aromatic heterocycles. The maximum atomic E-state index is 15.1. The van der Waals surface area contributed by atoms with E-state index in [1.807, 2.05) is 0 Å². The number of benzene rings is 1. The highest BCUT2D eigenvalue weighted by Gasteiger charge is 2.76. The van der Waals surface area contributed by atoms with Gasteiger partial charge in [0.1, 0.15) is 29.7 Å². The Balaban J connectivity index is 1.78. The highest BCUT2D eigenvalue weighted by atomic mass is 16.6. The number of carbonyl (C=O) groups is 5. The van der Waals surface area contributed by atoms with E-state index >= 15 is 4.79 Å². The number of aliphatic hydroxyl groups excluding tert-OH is 1. The second kappa shape index (κ2) is 12.3. The van der Waals surface area contributed by atoms with E-state index in [1.54, 1.807) is 58.0 Å². The van der Waals surface area contributed by atoms with Gasteiger partial charge in [-0.25, -0.2) is 4.79 Å². The molecule has 4 aliphatic rings. The van der Waals surface area contributed by atoms with Crippen molar-refractivity contribution in [1.29, 1.82) is 0 Å². The Kier molecular flexibility index (Phi) is 9.06. The second-order valence-corrected chi connectivity index (χ2v) is 13.8. The van der Waals surface area contributed by atoms with Gasteiger partial charge in [-0.1, -0.05) is 39.0 Å². The largest absolute Gasteiger partial charge is 0.487 e. The molecule has 1 amide bonds. The average molecular weight is 658 g/mol. The zero-order chi connectivity index (χ0) is 34.5. The van der Waals surface area contributed by atoms with Crippen LogP contribution in [0.2, 0.25) is 0 Å². The topological polar surface area (TPSA) is 184 Å². The summed E-state index contributed by atoms with van der Waals surface area (Å²) in [7, 11) is 0. The summed E-state index contributed by atoms with van der Waals surface area (Å²) in [6, 6.07) is 8.70. The minimum atomic E-state index is -1.98. The molecule has 1 aromatic carbocycles. The van der Waals surface area contributed by atoms with Gasteiger partial charge in [-0.05, 0) is 43.0 Å². The standard InChI is InChI=1S/C34H43NO12/c1-18-23(46-30(41)22(39)15-35-17-36)14-34(42)29(45-21-10-8-7-9-11-21)27-32(6,13-12-24-33(27,16-43-24)47-20(3)38)28(40)26(44-19(2)37)25(18)31(34,4)5/h7-11,17,22-24,26-27,29,39,42H,12-16H2,1-6H3,(H,35,36)/t22-,23+,24?,26-,27?,29+,32-,33+,34-/m1/s1. The molecule has 256 valence electrons. The van der Waals surface area contributed by atoms with Crippen LogP contribution in [0.4, 0.5) is 0 Å². The first kappa shape index (κ1) is 34.5. The van der Waals surface area contributed by atoms with Crippen molar-refractivity contribution in [2.45, 2.75) is 103 Å². The van der Waals surface area contributed by atoms with E-state index in [4.69, 9.17) is 23.7 Å². The number of para-hydroxylation sites is 1. The summed E-state index contributed by atoms with van der Waals surface area (Å²) in [5.74, 6) is -3.58. The third-order valence-corrected chi connectivity index (χ3v) is 10.7. The molecule has 47 heavy (non-hydrogen) atoms. The lowest BCUT2D eigenvalue weighted by Crippen LogP contribution is -2.80. The minimum Gasteiger partial charge on any atom is -0.487 e. The molecule has 2 saturated carbocycles. The van der Waals surface area contributed by atoms with Crippen LogP contribution in [0, 0.1) is 16.7 Å². The molecule has 3 fully saturated rings. The van der Waals surface area contributed by atoms with Crippen LogP contribution < -0.4 is 10.1 Å². The zero-order valence-corrected chi connectivity index (χ0v) is 27.4. The van der Waals surface area contributed by atoms with E-state index in [0.29, 0.717) is 24.2 Å². The lowest BCUT2D eigenvalue weighted by molar-refractivity contribution is -0.330. The highest BCUT2D eigenvalue weighted by Crippen LogP contribution is 2.64. The predicted molar refractivity (Wildman–Crippen MR) is 162 cm³/mol. The van der Waals surface area contributed by atoms with Gasteiger partial charge in [0.25, 0.3) is 0 Å². The van der Waals surface area contributed by atoms with Crippen molar-refractivity contribution in [3.63, 3.8) is 0 Å². The Hall–Kier alpha value is -3.81. The Morgan fingerprint density at radius 2 is 1.79 bits per heavy atom. The number of fused-ring (bicyclic) bond motifs is 5. The first-order valence-corrected chi connectivity index (χ1v) is 15.8. The molecule has 2 bridgehead atoms.